The fraction of sp³-hybridized carbons (Fsp3) is 0.350. The third-order valence-corrected chi connectivity index (χ3v) is 5.06. The molecule has 2 atom stereocenters. The number of thiophene rings is 1. The molecule has 0 fully saturated rings. The molecule has 144 valence electrons. The van der Waals surface area contributed by atoms with Gasteiger partial charge in [0.05, 0.1) is 17.0 Å². The molecule has 6 nitrogen and oxygen atoms in total. The first-order valence-corrected chi connectivity index (χ1v) is 9.76. The molecule has 0 aliphatic heterocycles. The summed E-state index contributed by atoms with van der Waals surface area (Å²) in [6.07, 6.45) is 0.741. The number of ether oxygens (including phenoxy) is 1. The first-order valence-electron chi connectivity index (χ1n) is 8.88. The fourth-order valence-electron chi connectivity index (χ4n) is 2.45. The Morgan fingerprint density at radius 3 is 2.37 bits per heavy atom. The minimum Gasteiger partial charge on any atom is -0.462 e. The molecule has 0 saturated carbocycles. The van der Waals surface area contributed by atoms with Crippen LogP contribution >= 0.6 is 11.3 Å². The maximum absolute atomic E-state index is 12.7. The zero-order valence-corrected chi connectivity index (χ0v) is 16.5. The van der Waals surface area contributed by atoms with Crippen LogP contribution in [0.5, 0.6) is 0 Å². The summed E-state index contributed by atoms with van der Waals surface area (Å²) in [6.45, 7) is 5.93. The second kappa shape index (κ2) is 9.87. The lowest BCUT2D eigenvalue weighted by Gasteiger charge is -2.23. The fourth-order valence-corrected chi connectivity index (χ4v) is 3.07. The number of esters is 1. The Morgan fingerprint density at radius 2 is 1.81 bits per heavy atom. The minimum absolute atomic E-state index is 0.0345. The maximum atomic E-state index is 12.7. The molecule has 27 heavy (non-hydrogen) atoms. The molecule has 0 radical (unpaired) electrons. The topological polar surface area (TPSA) is 84.5 Å². The molecule has 0 saturated heterocycles. The molecular weight excluding hydrogens is 364 g/mol. The van der Waals surface area contributed by atoms with Crippen LogP contribution < -0.4 is 10.6 Å². The lowest BCUT2D eigenvalue weighted by molar-refractivity contribution is -0.119. The van der Waals surface area contributed by atoms with Gasteiger partial charge < -0.3 is 15.4 Å². The predicted octanol–water partition coefficient (Wildman–Crippen LogP) is 3.71. The van der Waals surface area contributed by atoms with E-state index in [9.17, 15) is 14.4 Å². The van der Waals surface area contributed by atoms with Crippen molar-refractivity contribution in [3.63, 3.8) is 0 Å². The smallest absolute Gasteiger partial charge is 0.338 e. The van der Waals surface area contributed by atoms with E-state index in [1.165, 1.54) is 11.3 Å². The number of anilines is 1. The third-order valence-electron chi connectivity index (χ3n) is 4.19. The van der Waals surface area contributed by atoms with Crippen molar-refractivity contribution in [1.82, 2.24) is 5.32 Å². The highest BCUT2D eigenvalue weighted by molar-refractivity contribution is 7.12. The highest BCUT2D eigenvalue weighted by atomic mass is 32.1. The Labute approximate surface area is 162 Å². The van der Waals surface area contributed by atoms with Crippen molar-refractivity contribution in [2.24, 2.45) is 5.92 Å². The highest BCUT2D eigenvalue weighted by Gasteiger charge is 2.26. The van der Waals surface area contributed by atoms with Gasteiger partial charge in [0.15, 0.2) is 0 Å². The van der Waals surface area contributed by atoms with Crippen molar-refractivity contribution in [3.05, 3.63) is 52.2 Å². The van der Waals surface area contributed by atoms with Gasteiger partial charge >= 0.3 is 5.97 Å². The van der Waals surface area contributed by atoms with Gasteiger partial charge in [-0.1, -0.05) is 26.3 Å². The number of rotatable bonds is 8. The summed E-state index contributed by atoms with van der Waals surface area (Å²) < 4.78 is 4.94. The molecule has 2 N–H and O–H groups in total. The van der Waals surface area contributed by atoms with Crippen molar-refractivity contribution in [1.29, 1.82) is 0 Å². The van der Waals surface area contributed by atoms with Crippen molar-refractivity contribution >= 4 is 34.8 Å². The lowest BCUT2D eigenvalue weighted by atomic mass is 9.98. The van der Waals surface area contributed by atoms with Crippen molar-refractivity contribution < 1.29 is 19.1 Å². The van der Waals surface area contributed by atoms with E-state index >= 15 is 0 Å². The van der Waals surface area contributed by atoms with Gasteiger partial charge in [0, 0.05) is 5.69 Å². The van der Waals surface area contributed by atoms with Gasteiger partial charge in [-0.3, -0.25) is 9.59 Å². The second-order valence-corrected chi connectivity index (χ2v) is 7.05. The molecule has 2 amide bonds. The standard InChI is InChI=1S/C20H24N2O4S/c1-4-13(3)17(22-18(23)16-7-6-12-27-16)19(24)21-15-10-8-14(9-11-15)20(25)26-5-2/h6-13,17H,4-5H2,1-3H3,(H,21,24)(H,22,23). The van der Waals surface area contributed by atoms with Gasteiger partial charge in [-0.25, -0.2) is 4.79 Å². The van der Waals surface area contributed by atoms with Crippen LogP contribution in [0.3, 0.4) is 0 Å². The van der Waals surface area contributed by atoms with Gasteiger partial charge in [0.2, 0.25) is 5.91 Å². The number of nitrogens with one attached hydrogen (secondary N) is 2. The summed E-state index contributed by atoms with van der Waals surface area (Å²) in [6, 6.07) is 9.32. The number of amides is 2. The van der Waals surface area contributed by atoms with Crippen LogP contribution in [0.1, 0.15) is 47.2 Å². The third kappa shape index (κ3) is 5.65. The van der Waals surface area contributed by atoms with Crippen molar-refractivity contribution in [2.75, 3.05) is 11.9 Å². The highest BCUT2D eigenvalue weighted by Crippen LogP contribution is 2.16. The van der Waals surface area contributed by atoms with Crippen LogP contribution in [0.4, 0.5) is 5.69 Å². The van der Waals surface area contributed by atoms with E-state index in [4.69, 9.17) is 4.74 Å². The van der Waals surface area contributed by atoms with Crippen LogP contribution in [0.15, 0.2) is 41.8 Å². The van der Waals surface area contributed by atoms with Crippen LogP contribution in [0, 0.1) is 5.92 Å². The average Bonchev–Trinajstić information content (AvgIpc) is 3.21. The SMILES string of the molecule is CCOC(=O)c1ccc(NC(=O)C(NC(=O)c2cccs2)C(C)CC)cc1. The summed E-state index contributed by atoms with van der Waals surface area (Å²) in [5.41, 5.74) is 0.964. The van der Waals surface area contributed by atoms with E-state index in [0.717, 1.165) is 6.42 Å². The lowest BCUT2D eigenvalue weighted by Crippen LogP contribution is -2.47. The molecule has 2 rings (SSSR count). The number of carbonyl (C=O) groups is 3. The summed E-state index contributed by atoms with van der Waals surface area (Å²) in [5, 5.41) is 7.44. The molecule has 1 heterocycles. The van der Waals surface area contributed by atoms with Gasteiger partial charge in [0.1, 0.15) is 6.04 Å². The molecular formula is C20H24N2O4S. The average molecular weight is 388 g/mol. The van der Waals surface area contributed by atoms with Crippen LogP contribution in [-0.2, 0) is 9.53 Å². The monoisotopic (exact) mass is 388 g/mol. The van der Waals surface area contributed by atoms with E-state index in [0.29, 0.717) is 22.7 Å². The quantitative estimate of drug-likeness (QED) is 0.675. The Hall–Kier alpha value is -2.67. The van der Waals surface area contributed by atoms with E-state index in [1.807, 2.05) is 19.2 Å². The molecule has 0 spiro atoms. The molecule has 0 bridgehead atoms. The largest absolute Gasteiger partial charge is 0.462 e. The molecule has 0 aliphatic carbocycles. The Bertz CT molecular complexity index is 772. The van der Waals surface area contributed by atoms with E-state index in [-0.39, 0.29) is 17.7 Å². The van der Waals surface area contributed by atoms with Crippen molar-refractivity contribution in [2.45, 2.75) is 33.2 Å². The normalized spacial score (nSPS) is 12.7. The second-order valence-electron chi connectivity index (χ2n) is 6.10. The van der Waals surface area contributed by atoms with E-state index in [2.05, 4.69) is 10.6 Å². The van der Waals surface area contributed by atoms with Crippen LogP contribution in [0.25, 0.3) is 0 Å². The van der Waals surface area contributed by atoms with E-state index < -0.39 is 12.0 Å². The molecule has 2 aromatic rings. The number of benzene rings is 1. The van der Waals surface area contributed by atoms with Crippen LogP contribution in [0.2, 0.25) is 0 Å². The first-order chi connectivity index (χ1) is 13.0. The number of carbonyl (C=O) groups excluding carboxylic acids is 3. The Balaban J connectivity index is 2.07. The molecule has 2 unspecified atom stereocenters. The summed E-state index contributed by atoms with van der Waals surface area (Å²) >= 11 is 1.33. The zero-order chi connectivity index (χ0) is 19.8. The van der Waals surface area contributed by atoms with Crippen molar-refractivity contribution in [3.8, 4) is 0 Å². The minimum atomic E-state index is -0.658. The molecule has 7 heteroatoms. The Morgan fingerprint density at radius 1 is 1.11 bits per heavy atom. The van der Waals surface area contributed by atoms with E-state index in [1.54, 1.807) is 43.3 Å². The Kier molecular flexibility index (Phi) is 7.55. The van der Waals surface area contributed by atoms with Gasteiger partial charge in [0.25, 0.3) is 5.91 Å². The molecule has 0 aliphatic rings. The van der Waals surface area contributed by atoms with Gasteiger partial charge in [-0.15, -0.1) is 11.3 Å². The first kappa shape index (κ1) is 20.6. The summed E-state index contributed by atoms with van der Waals surface area (Å²) in [7, 11) is 0. The van der Waals surface area contributed by atoms with Gasteiger partial charge in [-0.05, 0) is 48.6 Å². The van der Waals surface area contributed by atoms with Gasteiger partial charge in [-0.2, -0.15) is 0 Å². The summed E-state index contributed by atoms with van der Waals surface area (Å²) in [5.74, 6) is -0.995. The maximum Gasteiger partial charge on any atom is 0.338 e. The van der Waals surface area contributed by atoms with Crippen LogP contribution in [-0.4, -0.2) is 30.4 Å². The zero-order valence-electron chi connectivity index (χ0n) is 15.7. The predicted molar refractivity (Wildman–Crippen MR) is 106 cm³/mol. The summed E-state index contributed by atoms with van der Waals surface area (Å²) in [4.78, 5) is 37.3. The molecule has 1 aromatic heterocycles. The number of hydrogen-bond acceptors (Lipinski definition) is 5. The number of hydrogen-bond donors (Lipinski definition) is 2. The molecule has 1 aromatic carbocycles.